The average molecular weight is 484 g/mol. The Bertz CT molecular complexity index is 1600. The molecule has 3 aromatic carbocycles. The summed E-state index contributed by atoms with van der Waals surface area (Å²) < 4.78 is 6.69. The molecule has 0 saturated carbocycles. The normalized spacial score (nSPS) is 11.0. The van der Waals surface area contributed by atoms with Gasteiger partial charge in [0, 0.05) is 16.6 Å². The van der Waals surface area contributed by atoms with Crippen LogP contribution in [0, 0.1) is 6.92 Å². The molecule has 2 aromatic heterocycles. The minimum Gasteiger partial charge on any atom is -0.497 e. The number of nitrogens with zero attached hydrogens (tertiary/aromatic N) is 4. The molecule has 174 valence electrons. The summed E-state index contributed by atoms with van der Waals surface area (Å²) in [4.78, 5) is 34.6. The Morgan fingerprint density at radius 1 is 1.00 bits per heavy atom. The first-order valence-electron chi connectivity index (χ1n) is 10.9. The third-order valence-electron chi connectivity index (χ3n) is 5.38. The largest absolute Gasteiger partial charge is 0.497 e. The molecular formula is C26H21N5O3S. The number of carbonyl (C=O) groups is 1. The van der Waals surface area contributed by atoms with Gasteiger partial charge >= 0.3 is 0 Å². The number of benzene rings is 3. The highest BCUT2D eigenvalue weighted by Gasteiger charge is 2.16. The Morgan fingerprint density at radius 3 is 2.49 bits per heavy atom. The molecule has 2 heterocycles. The maximum Gasteiger partial charge on any atom is 0.300 e. The fraction of sp³-hybridized carbons (Fsp3) is 0.115. The number of aryl methyl sites for hydroxylation is 1. The third-order valence-corrected chi connectivity index (χ3v) is 6.31. The number of ether oxygens (including phenoxy) is 1. The second kappa shape index (κ2) is 9.55. The second-order valence-electron chi connectivity index (χ2n) is 7.84. The summed E-state index contributed by atoms with van der Waals surface area (Å²) in [6, 6.07) is 22.0. The Labute approximate surface area is 205 Å². The van der Waals surface area contributed by atoms with Crippen LogP contribution in [0.5, 0.6) is 5.75 Å². The van der Waals surface area contributed by atoms with Crippen molar-refractivity contribution < 1.29 is 9.53 Å². The predicted octanol–water partition coefficient (Wildman–Crippen LogP) is 4.35. The summed E-state index contributed by atoms with van der Waals surface area (Å²) in [6.07, 6.45) is 0. The smallest absolute Gasteiger partial charge is 0.300 e. The number of fused-ring (bicyclic) bond motifs is 3. The Hall–Kier alpha value is -4.24. The number of rotatable bonds is 6. The van der Waals surface area contributed by atoms with Gasteiger partial charge in [-0.05, 0) is 43.3 Å². The first-order valence-corrected chi connectivity index (χ1v) is 11.8. The number of carbonyl (C=O) groups excluding carboxylic acids is 1. The maximum atomic E-state index is 12.9. The first-order chi connectivity index (χ1) is 17.0. The van der Waals surface area contributed by atoms with Crippen LogP contribution >= 0.6 is 11.8 Å². The lowest BCUT2D eigenvalue weighted by Gasteiger charge is -2.11. The highest BCUT2D eigenvalue weighted by atomic mass is 32.2. The maximum absolute atomic E-state index is 12.9. The van der Waals surface area contributed by atoms with Gasteiger partial charge in [0.25, 0.3) is 5.56 Å². The summed E-state index contributed by atoms with van der Waals surface area (Å²) >= 11 is 1.22. The van der Waals surface area contributed by atoms with Crippen molar-refractivity contribution in [1.29, 1.82) is 0 Å². The van der Waals surface area contributed by atoms with Gasteiger partial charge in [-0.15, -0.1) is 0 Å². The van der Waals surface area contributed by atoms with Gasteiger partial charge in [-0.1, -0.05) is 53.7 Å². The van der Waals surface area contributed by atoms with E-state index in [0.717, 1.165) is 5.56 Å². The molecule has 0 aliphatic carbocycles. The number of anilines is 1. The van der Waals surface area contributed by atoms with Crippen molar-refractivity contribution in [3.05, 3.63) is 88.7 Å². The lowest BCUT2D eigenvalue weighted by Crippen LogP contribution is -2.19. The quantitative estimate of drug-likeness (QED) is 0.218. The van der Waals surface area contributed by atoms with Crippen LogP contribution in [0.4, 0.5) is 5.69 Å². The second-order valence-corrected chi connectivity index (χ2v) is 8.79. The van der Waals surface area contributed by atoms with Crippen molar-refractivity contribution in [3.8, 4) is 17.0 Å². The molecule has 5 rings (SSSR count). The predicted molar refractivity (Wildman–Crippen MR) is 137 cm³/mol. The molecule has 0 aliphatic heterocycles. The monoisotopic (exact) mass is 483 g/mol. The molecule has 1 amide bonds. The van der Waals surface area contributed by atoms with Crippen LogP contribution in [0.2, 0.25) is 0 Å². The molecule has 0 saturated heterocycles. The standard InChI is InChI=1S/C26H21N5O3S/c1-16-7-9-17(10-8-16)23-25(33)29-24-20-5-3-4-6-21(20)28-26(31(24)30-23)35-15-22(32)27-18-11-13-19(34-2)14-12-18/h3-14H,15H2,1-2H3,(H,27,32). The minimum atomic E-state index is -0.418. The fourth-order valence-corrected chi connectivity index (χ4v) is 4.34. The molecule has 0 fully saturated rings. The lowest BCUT2D eigenvalue weighted by atomic mass is 10.1. The van der Waals surface area contributed by atoms with Crippen LogP contribution in [0.25, 0.3) is 27.8 Å². The molecule has 35 heavy (non-hydrogen) atoms. The number of methoxy groups -OCH3 is 1. The Balaban J connectivity index is 1.51. The molecule has 9 heteroatoms. The number of thioether (sulfide) groups is 1. The zero-order chi connectivity index (χ0) is 24.4. The van der Waals surface area contributed by atoms with E-state index in [1.54, 1.807) is 35.9 Å². The third kappa shape index (κ3) is 4.71. The topological polar surface area (TPSA) is 98.5 Å². The van der Waals surface area contributed by atoms with E-state index >= 15 is 0 Å². The van der Waals surface area contributed by atoms with Gasteiger partial charge < -0.3 is 10.1 Å². The zero-order valence-electron chi connectivity index (χ0n) is 19.1. The van der Waals surface area contributed by atoms with Crippen LogP contribution in [0.3, 0.4) is 0 Å². The summed E-state index contributed by atoms with van der Waals surface area (Å²) in [7, 11) is 1.59. The Morgan fingerprint density at radius 2 is 1.74 bits per heavy atom. The number of hydrogen-bond acceptors (Lipinski definition) is 7. The molecule has 1 N–H and O–H groups in total. The lowest BCUT2D eigenvalue weighted by molar-refractivity contribution is -0.113. The number of para-hydroxylation sites is 1. The molecule has 0 spiro atoms. The van der Waals surface area contributed by atoms with Gasteiger partial charge in [-0.3, -0.25) is 9.59 Å². The summed E-state index contributed by atoms with van der Waals surface area (Å²) in [5.74, 6) is 0.609. The first kappa shape index (κ1) is 22.5. The molecule has 0 aliphatic rings. The van der Waals surface area contributed by atoms with E-state index < -0.39 is 5.56 Å². The molecule has 0 atom stereocenters. The number of aromatic nitrogens is 4. The van der Waals surface area contributed by atoms with Gasteiger partial charge in [0.1, 0.15) is 5.75 Å². The van der Waals surface area contributed by atoms with E-state index in [1.807, 2.05) is 55.5 Å². The van der Waals surface area contributed by atoms with Gasteiger partial charge in [0.2, 0.25) is 5.91 Å². The van der Waals surface area contributed by atoms with Crippen molar-refractivity contribution in [2.75, 3.05) is 18.2 Å². The highest BCUT2D eigenvalue weighted by Crippen LogP contribution is 2.24. The van der Waals surface area contributed by atoms with Crippen molar-refractivity contribution >= 4 is 39.9 Å². The summed E-state index contributed by atoms with van der Waals surface area (Å²) in [5, 5.41) is 8.65. The van der Waals surface area contributed by atoms with Crippen LogP contribution < -0.4 is 15.6 Å². The molecule has 0 bridgehead atoms. The van der Waals surface area contributed by atoms with Crippen molar-refractivity contribution in [2.45, 2.75) is 12.1 Å². The summed E-state index contributed by atoms with van der Waals surface area (Å²) in [6.45, 7) is 1.98. The van der Waals surface area contributed by atoms with Crippen molar-refractivity contribution in [1.82, 2.24) is 19.6 Å². The average Bonchev–Trinajstić information content (AvgIpc) is 2.88. The van der Waals surface area contributed by atoms with Crippen LogP contribution in [0.15, 0.2) is 82.7 Å². The van der Waals surface area contributed by atoms with E-state index in [9.17, 15) is 9.59 Å². The molecular weight excluding hydrogens is 462 g/mol. The molecule has 5 aromatic rings. The Kier molecular flexibility index (Phi) is 6.15. The van der Waals surface area contributed by atoms with Crippen LogP contribution in [-0.4, -0.2) is 38.4 Å². The van der Waals surface area contributed by atoms with E-state index in [-0.39, 0.29) is 17.4 Å². The van der Waals surface area contributed by atoms with Gasteiger partial charge in [0.15, 0.2) is 16.5 Å². The van der Waals surface area contributed by atoms with Crippen LogP contribution in [0.1, 0.15) is 5.56 Å². The molecule has 0 unspecified atom stereocenters. The van der Waals surface area contributed by atoms with Gasteiger partial charge in [-0.25, -0.2) is 4.98 Å². The van der Waals surface area contributed by atoms with E-state index in [2.05, 4.69) is 15.4 Å². The number of hydrogen-bond donors (Lipinski definition) is 1. The SMILES string of the molecule is COc1ccc(NC(=O)CSc2nc3ccccc3c3nc(=O)c(-c4ccc(C)cc4)nn23)cc1. The number of nitrogens with one attached hydrogen (secondary N) is 1. The van der Waals surface area contributed by atoms with Crippen molar-refractivity contribution in [2.24, 2.45) is 0 Å². The minimum absolute atomic E-state index is 0.0974. The molecule has 8 nitrogen and oxygen atoms in total. The van der Waals surface area contributed by atoms with E-state index in [0.29, 0.717) is 38.7 Å². The fourth-order valence-electron chi connectivity index (χ4n) is 3.59. The highest BCUT2D eigenvalue weighted by molar-refractivity contribution is 7.99. The van der Waals surface area contributed by atoms with E-state index in [4.69, 9.17) is 9.72 Å². The zero-order valence-corrected chi connectivity index (χ0v) is 19.9. The van der Waals surface area contributed by atoms with Gasteiger partial charge in [-0.2, -0.15) is 14.6 Å². The van der Waals surface area contributed by atoms with Crippen molar-refractivity contribution in [3.63, 3.8) is 0 Å². The summed E-state index contributed by atoms with van der Waals surface area (Å²) in [5.41, 5.74) is 3.29. The molecule has 0 radical (unpaired) electrons. The van der Waals surface area contributed by atoms with Crippen LogP contribution in [-0.2, 0) is 4.79 Å². The van der Waals surface area contributed by atoms with E-state index in [1.165, 1.54) is 11.8 Å². The number of amides is 1. The van der Waals surface area contributed by atoms with Gasteiger partial charge in [0.05, 0.1) is 18.4 Å².